The van der Waals surface area contributed by atoms with E-state index in [2.05, 4.69) is 52.6 Å². The minimum Gasteiger partial charge on any atom is -0.373 e. The summed E-state index contributed by atoms with van der Waals surface area (Å²) in [5.41, 5.74) is 1.29. The number of guanidine groups is 1. The van der Waals surface area contributed by atoms with E-state index in [-0.39, 0.29) is 30.1 Å². The molecule has 1 fully saturated rings. The van der Waals surface area contributed by atoms with Crippen LogP contribution in [0.25, 0.3) is 0 Å². The molecular formula is C16H24IN3O. The summed E-state index contributed by atoms with van der Waals surface area (Å²) < 4.78 is 6.03. The molecule has 21 heavy (non-hydrogen) atoms. The van der Waals surface area contributed by atoms with Crippen LogP contribution in [0, 0.1) is 5.92 Å². The Bertz CT molecular complexity index is 466. The van der Waals surface area contributed by atoms with Crippen LogP contribution in [0.1, 0.15) is 24.5 Å². The average Bonchev–Trinajstić information content (AvgIpc) is 2.92. The number of aliphatic imine (C=N–C) groups is 1. The van der Waals surface area contributed by atoms with Gasteiger partial charge in [-0.15, -0.1) is 24.0 Å². The zero-order chi connectivity index (χ0) is 13.8. The minimum atomic E-state index is 0. The largest absolute Gasteiger partial charge is 0.373 e. The predicted molar refractivity (Wildman–Crippen MR) is 96.2 cm³/mol. The smallest absolute Gasteiger partial charge is 0.193 e. The first-order valence-corrected chi connectivity index (χ1v) is 7.50. The second-order valence-electron chi connectivity index (χ2n) is 5.61. The molecule has 116 valence electrons. The van der Waals surface area contributed by atoms with Crippen LogP contribution in [-0.4, -0.2) is 44.1 Å². The lowest BCUT2D eigenvalue weighted by Crippen LogP contribution is -2.40. The van der Waals surface area contributed by atoms with Gasteiger partial charge in [-0.25, -0.2) is 0 Å². The molecule has 3 rings (SSSR count). The summed E-state index contributed by atoms with van der Waals surface area (Å²) in [7, 11) is 2.09. The summed E-state index contributed by atoms with van der Waals surface area (Å²) in [5.74, 6) is 1.55. The van der Waals surface area contributed by atoms with Gasteiger partial charge >= 0.3 is 0 Å². The maximum Gasteiger partial charge on any atom is 0.193 e. The van der Waals surface area contributed by atoms with Gasteiger partial charge in [-0.1, -0.05) is 30.3 Å². The third-order valence-electron chi connectivity index (χ3n) is 4.15. The summed E-state index contributed by atoms with van der Waals surface area (Å²) in [4.78, 5) is 6.67. The lowest BCUT2D eigenvalue weighted by molar-refractivity contribution is -0.0266. The first-order chi connectivity index (χ1) is 9.84. The Balaban J connectivity index is 0.00000161. The van der Waals surface area contributed by atoms with Crippen molar-refractivity contribution >= 4 is 29.9 Å². The van der Waals surface area contributed by atoms with E-state index >= 15 is 0 Å². The molecule has 1 N–H and O–H groups in total. The zero-order valence-electron chi connectivity index (χ0n) is 12.5. The number of hydrogen-bond acceptors (Lipinski definition) is 4. The number of ether oxygens (including phenoxy) is 1. The lowest BCUT2D eigenvalue weighted by atomic mass is 9.89. The van der Waals surface area contributed by atoms with Gasteiger partial charge in [0.25, 0.3) is 0 Å². The highest BCUT2D eigenvalue weighted by Crippen LogP contribution is 2.33. The van der Waals surface area contributed by atoms with Crippen LogP contribution < -0.4 is 5.32 Å². The van der Waals surface area contributed by atoms with Crippen molar-refractivity contribution in [1.82, 2.24) is 10.2 Å². The summed E-state index contributed by atoms with van der Waals surface area (Å²) >= 11 is 0. The summed E-state index contributed by atoms with van der Waals surface area (Å²) in [6.07, 6.45) is 2.58. The van der Waals surface area contributed by atoms with Crippen LogP contribution in [-0.2, 0) is 4.74 Å². The molecule has 0 saturated carbocycles. The predicted octanol–water partition coefficient (Wildman–Crippen LogP) is 2.66. The molecule has 2 heterocycles. The number of benzene rings is 1. The van der Waals surface area contributed by atoms with E-state index in [4.69, 9.17) is 4.74 Å². The number of likely N-dealkylation sites (N-methyl/N-ethyl adjacent to an activating group) is 1. The van der Waals surface area contributed by atoms with Crippen LogP contribution in [0.15, 0.2) is 35.3 Å². The third-order valence-corrected chi connectivity index (χ3v) is 4.15. The van der Waals surface area contributed by atoms with Crippen molar-refractivity contribution < 1.29 is 4.74 Å². The van der Waals surface area contributed by atoms with Gasteiger partial charge in [0.05, 0.1) is 12.6 Å². The second-order valence-corrected chi connectivity index (χ2v) is 5.61. The Morgan fingerprint density at radius 1 is 1.33 bits per heavy atom. The monoisotopic (exact) mass is 401 g/mol. The molecule has 1 aromatic rings. The Labute approximate surface area is 144 Å². The molecule has 5 heteroatoms. The molecule has 2 unspecified atom stereocenters. The Morgan fingerprint density at radius 3 is 2.86 bits per heavy atom. The molecule has 2 aliphatic heterocycles. The van der Waals surface area contributed by atoms with E-state index in [0.717, 1.165) is 38.6 Å². The third kappa shape index (κ3) is 4.10. The van der Waals surface area contributed by atoms with Crippen LogP contribution in [0.2, 0.25) is 0 Å². The van der Waals surface area contributed by atoms with E-state index in [1.54, 1.807) is 0 Å². The molecule has 1 saturated heterocycles. The van der Waals surface area contributed by atoms with Gasteiger partial charge in [-0.3, -0.25) is 4.99 Å². The van der Waals surface area contributed by atoms with Crippen molar-refractivity contribution in [2.24, 2.45) is 10.9 Å². The summed E-state index contributed by atoms with van der Waals surface area (Å²) in [6.45, 7) is 3.73. The van der Waals surface area contributed by atoms with E-state index in [1.807, 2.05) is 0 Å². The lowest BCUT2D eigenvalue weighted by Gasteiger charge is -2.33. The normalized spacial score (nSPS) is 25.2. The minimum absolute atomic E-state index is 0. The van der Waals surface area contributed by atoms with Crippen molar-refractivity contribution in [2.45, 2.75) is 18.9 Å². The van der Waals surface area contributed by atoms with Crippen molar-refractivity contribution in [3.8, 4) is 0 Å². The number of hydrogen-bond donors (Lipinski definition) is 1. The van der Waals surface area contributed by atoms with Crippen LogP contribution >= 0.6 is 24.0 Å². The number of rotatable bonds is 3. The van der Waals surface area contributed by atoms with Gasteiger partial charge in [0.15, 0.2) is 5.96 Å². The van der Waals surface area contributed by atoms with Crippen LogP contribution in [0.4, 0.5) is 0 Å². The Morgan fingerprint density at radius 2 is 2.14 bits per heavy atom. The fourth-order valence-electron chi connectivity index (χ4n) is 3.01. The number of nitrogens with zero attached hydrogens (tertiary/aromatic N) is 2. The van der Waals surface area contributed by atoms with Crippen molar-refractivity contribution in [2.75, 3.05) is 33.3 Å². The van der Waals surface area contributed by atoms with Gasteiger partial charge in [0.1, 0.15) is 0 Å². The molecule has 2 atom stereocenters. The molecular weight excluding hydrogens is 377 g/mol. The van der Waals surface area contributed by atoms with Crippen LogP contribution in [0.3, 0.4) is 0 Å². The maximum absolute atomic E-state index is 6.03. The SMILES string of the molecule is CN1CCN=C1NCC1CCCOC1c1ccccc1.I. The van der Waals surface area contributed by atoms with E-state index in [1.165, 1.54) is 12.0 Å². The highest BCUT2D eigenvalue weighted by Gasteiger charge is 2.28. The molecule has 0 spiro atoms. The molecule has 0 amide bonds. The molecule has 0 aliphatic carbocycles. The molecule has 2 aliphatic rings. The van der Waals surface area contributed by atoms with E-state index in [0.29, 0.717) is 5.92 Å². The Kier molecular flexibility index (Phi) is 6.29. The topological polar surface area (TPSA) is 36.9 Å². The highest BCUT2D eigenvalue weighted by molar-refractivity contribution is 14.0. The van der Waals surface area contributed by atoms with Gasteiger partial charge < -0.3 is 15.0 Å². The molecule has 1 aromatic carbocycles. The van der Waals surface area contributed by atoms with Gasteiger partial charge in [0, 0.05) is 32.7 Å². The first kappa shape index (κ1) is 16.5. The van der Waals surface area contributed by atoms with Crippen molar-refractivity contribution in [3.63, 3.8) is 0 Å². The molecule has 4 nitrogen and oxygen atoms in total. The first-order valence-electron chi connectivity index (χ1n) is 7.50. The fourth-order valence-corrected chi connectivity index (χ4v) is 3.01. The standard InChI is InChI=1S/C16H23N3O.HI/c1-19-10-9-17-16(19)18-12-14-8-5-11-20-15(14)13-6-3-2-4-7-13;/h2-4,6-7,14-15H,5,8-12H2,1H3,(H,17,18);1H. The molecule has 0 bridgehead atoms. The number of nitrogens with one attached hydrogen (secondary N) is 1. The maximum atomic E-state index is 6.03. The number of halogens is 1. The average molecular weight is 401 g/mol. The van der Waals surface area contributed by atoms with Crippen LogP contribution in [0.5, 0.6) is 0 Å². The highest BCUT2D eigenvalue weighted by atomic mass is 127. The van der Waals surface area contributed by atoms with E-state index in [9.17, 15) is 0 Å². The zero-order valence-corrected chi connectivity index (χ0v) is 14.8. The summed E-state index contributed by atoms with van der Waals surface area (Å²) in [5, 5.41) is 3.50. The quantitative estimate of drug-likeness (QED) is 0.792. The van der Waals surface area contributed by atoms with Gasteiger partial charge in [-0.2, -0.15) is 0 Å². The van der Waals surface area contributed by atoms with Gasteiger partial charge in [-0.05, 0) is 18.4 Å². The fraction of sp³-hybridized carbons (Fsp3) is 0.562. The Hall–Kier alpha value is -0.820. The second kappa shape index (κ2) is 7.98. The summed E-state index contributed by atoms with van der Waals surface area (Å²) in [6, 6.07) is 10.6. The molecule has 0 aromatic heterocycles. The van der Waals surface area contributed by atoms with Gasteiger partial charge in [0.2, 0.25) is 0 Å². The van der Waals surface area contributed by atoms with Crippen molar-refractivity contribution in [1.29, 1.82) is 0 Å². The van der Waals surface area contributed by atoms with Crippen molar-refractivity contribution in [3.05, 3.63) is 35.9 Å². The van der Waals surface area contributed by atoms with E-state index < -0.39 is 0 Å². The molecule has 0 radical (unpaired) electrons.